The second kappa shape index (κ2) is 13.7. The Bertz CT molecular complexity index is 1750. The van der Waals surface area contributed by atoms with Crippen molar-refractivity contribution in [2.24, 2.45) is 10.9 Å². The first kappa shape index (κ1) is 33.2. The molecule has 0 aliphatic carbocycles. The Balaban J connectivity index is 1.38. The van der Waals surface area contributed by atoms with E-state index in [-0.39, 0.29) is 29.5 Å². The summed E-state index contributed by atoms with van der Waals surface area (Å²) < 4.78 is 89.9. The number of hydrogen-bond donors (Lipinski definition) is 0. The lowest BCUT2D eigenvalue weighted by molar-refractivity contribution is -0.274. The van der Waals surface area contributed by atoms with Gasteiger partial charge in [0, 0.05) is 23.9 Å². The fourth-order valence-electron chi connectivity index (χ4n) is 5.45. The van der Waals surface area contributed by atoms with Crippen LogP contribution in [0.25, 0.3) is 11.1 Å². The number of rotatable bonds is 9. The van der Waals surface area contributed by atoms with Crippen LogP contribution >= 0.6 is 0 Å². The SMILES string of the molecule is CC(C)N(C(=O)COC(=O)C1CC(c2c(F)cccc2F)=N[C@H]1c1ccc(-c2ccc(OC(F)(F)F)cc2)cc1)c1ccc(F)cc1. The molecule has 0 bridgehead atoms. The molecule has 4 aromatic rings. The van der Waals surface area contributed by atoms with E-state index in [4.69, 9.17) is 4.74 Å². The van der Waals surface area contributed by atoms with Crippen LogP contribution in [0.3, 0.4) is 0 Å². The molecule has 1 aliphatic heterocycles. The van der Waals surface area contributed by atoms with Crippen LogP contribution in [0.5, 0.6) is 5.75 Å². The van der Waals surface area contributed by atoms with E-state index >= 15 is 0 Å². The maximum absolute atomic E-state index is 14.7. The number of carbonyl (C=O) groups is 2. The first-order chi connectivity index (χ1) is 22.3. The van der Waals surface area contributed by atoms with E-state index in [1.165, 1.54) is 59.5 Å². The summed E-state index contributed by atoms with van der Waals surface area (Å²) in [6.07, 6.45) is -5.00. The normalized spacial score (nSPS) is 16.1. The smallest absolute Gasteiger partial charge is 0.455 e. The number of amides is 1. The van der Waals surface area contributed by atoms with Crippen molar-refractivity contribution >= 4 is 23.3 Å². The average Bonchev–Trinajstić information content (AvgIpc) is 3.45. The summed E-state index contributed by atoms with van der Waals surface area (Å²) in [5.74, 6) is -4.98. The summed E-state index contributed by atoms with van der Waals surface area (Å²) in [4.78, 5) is 32.5. The zero-order chi connectivity index (χ0) is 33.9. The fourth-order valence-corrected chi connectivity index (χ4v) is 5.45. The van der Waals surface area contributed by atoms with Gasteiger partial charge in [0.25, 0.3) is 5.91 Å². The lowest BCUT2D eigenvalue weighted by Gasteiger charge is -2.27. The largest absolute Gasteiger partial charge is 0.573 e. The highest BCUT2D eigenvalue weighted by Gasteiger charge is 2.39. The van der Waals surface area contributed by atoms with Gasteiger partial charge in [0.1, 0.15) is 23.2 Å². The Morgan fingerprint density at radius 1 is 0.851 bits per heavy atom. The van der Waals surface area contributed by atoms with Gasteiger partial charge < -0.3 is 14.4 Å². The van der Waals surface area contributed by atoms with Crippen LogP contribution in [0.15, 0.2) is 96.0 Å². The van der Waals surface area contributed by atoms with Crippen LogP contribution in [-0.2, 0) is 14.3 Å². The molecule has 1 heterocycles. The molecule has 5 rings (SSSR count). The van der Waals surface area contributed by atoms with Crippen molar-refractivity contribution in [2.45, 2.75) is 38.7 Å². The molecule has 12 heteroatoms. The number of anilines is 1. The first-order valence-electron chi connectivity index (χ1n) is 14.5. The van der Waals surface area contributed by atoms with E-state index in [0.29, 0.717) is 22.4 Å². The molecule has 1 aliphatic rings. The third-order valence-corrected chi connectivity index (χ3v) is 7.54. The highest BCUT2D eigenvalue weighted by Crippen LogP contribution is 2.39. The molecule has 0 N–H and O–H groups in total. The maximum atomic E-state index is 14.7. The lowest BCUT2D eigenvalue weighted by Crippen LogP contribution is -2.40. The number of esters is 1. The van der Waals surface area contributed by atoms with Gasteiger partial charge in [0.15, 0.2) is 6.61 Å². The van der Waals surface area contributed by atoms with E-state index in [1.54, 1.807) is 38.1 Å². The minimum atomic E-state index is -4.82. The number of nitrogens with zero attached hydrogens (tertiary/aromatic N) is 2. The van der Waals surface area contributed by atoms with Crippen molar-refractivity contribution in [3.63, 3.8) is 0 Å². The van der Waals surface area contributed by atoms with E-state index in [1.807, 2.05) is 0 Å². The molecule has 1 amide bonds. The minimum absolute atomic E-state index is 0.0123. The molecule has 0 spiro atoms. The molecule has 0 fully saturated rings. The van der Waals surface area contributed by atoms with Crippen LogP contribution < -0.4 is 9.64 Å². The molecular formula is C35H28F6N2O4. The van der Waals surface area contributed by atoms with Gasteiger partial charge in [-0.3, -0.25) is 14.6 Å². The monoisotopic (exact) mass is 654 g/mol. The van der Waals surface area contributed by atoms with Crippen LogP contribution in [0.1, 0.15) is 37.4 Å². The number of ether oxygens (including phenoxy) is 2. The summed E-state index contributed by atoms with van der Waals surface area (Å²) in [6, 6.07) is 19.2. The Morgan fingerprint density at radius 2 is 1.43 bits per heavy atom. The van der Waals surface area contributed by atoms with Gasteiger partial charge in [-0.2, -0.15) is 0 Å². The molecule has 0 saturated carbocycles. The molecule has 0 saturated heterocycles. The molecule has 47 heavy (non-hydrogen) atoms. The molecule has 4 aromatic carbocycles. The van der Waals surface area contributed by atoms with Gasteiger partial charge in [-0.1, -0.05) is 42.5 Å². The van der Waals surface area contributed by atoms with Crippen LogP contribution in [0.4, 0.5) is 32.0 Å². The van der Waals surface area contributed by atoms with Gasteiger partial charge in [-0.05, 0) is 79.1 Å². The van der Waals surface area contributed by atoms with Crippen molar-refractivity contribution in [1.82, 2.24) is 0 Å². The average molecular weight is 655 g/mol. The molecule has 0 aromatic heterocycles. The van der Waals surface area contributed by atoms with Gasteiger partial charge >= 0.3 is 12.3 Å². The highest BCUT2D eigenvalue weighted by molar-refractivity contribution is 6.05. The van der Waals surface area contributed by atoms with E-state index in [9.17, 15) is 35.9 Å². The number of carbonyl (C=O) groups excluding carboxylic acids is 2. The number of benzene rings is 4. The third kappa shape index (κ3) is 7.82. The highest BCUT2D eigenvalue weighted by atomic mass is 19.4. The molecule has 6 nitrogen and oxygen atoms in total. The van der Waals surface area contributed by atoms with Crippen LogP contribution in [0, 0.1) is 23.4 Å². The minimum Gasteiger partial charge on any atom is -0.455 e. The van der Waals surface area contributed by atoms with E-state index in [0.717, 1.165) is 12.1 Å². The van der Waals surface area contributed by atoms with Crippen LogP contribution in [-0.4, -0.2) is 36.6 Å². The summed E-state index contributed by atoms with van der Waals surface area (Å²) in [7, 11) is 0. The van der Waals surface area contributed by atoms with Crippen molar-refractivity contribution in [2.75, 3.05) is 11.5 Å². The Labute approximate surface area is 266 Å². The van der Waals surface area contributed by atoms with Crippen molar-refractivity contribution in [3.05, 3.63) is 120 Å². The molecular weight excluding hydrogens is 626 g/mol. The van der Waals surface area contributed by atoms with Crippen molar-refractivity contribution in [1.29, 1.82) is 0 Å². The van der Waals surface area contributed by atoms with Gasteiger partial charge in [-0.25, -0.2) is 13.2 Å². The Morgan fingerprint density at radius 3 is 1.98 bits per heavy atom. The second-order valence-corrected chi connectivity index (χ2v) is 11.1. The van der Waals surface area contributed by atoms with Gasteiger partial charge in [0.2, 0.25) is 0 Å². The predicted octanol–water partition coefficient (Wildman–Crippen LogP) is 8.20. The zero-order valence-electron chi connectivity index (χ0n) is 25.1. The summed E-state index contributed by atoms with van der Waals surface area (Å²) in [6.45, 7) is 2.84. The molecule has 2 atom stereocenters. The fraction of sp³-hybridized carbons (Fsp3) is 0.229. The van der Waals surface area contributed by atoms with Crippen molar-refractivity contribution < 1.29 is 45.4 Å². The summed E-state index contributed by atoms with van der Waals surface area (Å²) >= 11 is 0. The van der Waals surface area contributed by atoms with Gasteiger partial charge in [0.05, 0.1) is 17.5 Å². The molecule has 1 unspecified atom stereocenters. The number of hydrogen-bond acceptors (Lipinski definition) is 5. The van der Waals surface area contributed by atoms with E-state index in [2.05, 4.69) is 9.73 Å². The number of alkyl halides is 3. The van der Waals surface area contributed by atoms with E-state index < -0.39 is 54.3 Å². The molecule has 0 radical (unpaired) electrons. The van der Waals surface area contributed by atoms with Crippen LogP contribution in [0.2, 0.25) is 0 Å². The predicted molar refractivity (Wildman–Crippen MR) is 162 cm³/mol. The second-order valence-electron chi connectivity index (χ2n) is 11.1. The topological polar surface area (TPSA) is 68.2 Å². The Kier molecular flexibility index (Phi) is 9.69. The Hall–Kier alpha value is -5.13. The summed E-state index contributed by atoms with van der Waals surface area (Å²) in [5, 5.41) is 0. The zero-order valence-corrected chi connectivity index (χ0v) is 25.1. The first-order valence-corrected chi connectivity index (χ1v) is 14.5. The standard InChI is InChI=1S/C35H28F6N2O4/c1-20(2)43(25-14-12-24(36)13-15-25)31(44)19-46-34(45)27-18-30(32-28(37)4-3-5-29(32)38)42-33(27)23-8-6-21(7-9-23)22-10-16-26(17-11-22)47-35(39,40)41/h3-17,20,27,33H,18-19H2,1-2H3/t27?,33-/m0/s1. The maximum Gasteiger partial charge on any atom is 0.573 e. The number of halogens is 6. The number of aliphatic imine (C=N–C) groups is 1. The lowest BCUT2D eigenvalue weighted by atomic mass is 9.90. The summed E-state index contributed by atoms with van der Waals surface area (Å²) in [5.41, 5.74) is 1.77. The quantitative estimate of drug-likeness (QED) is 0.135. The molecule has 244 valence electrons. The third-order valence-electron chi connectivity index (χ3n) is 7.54. The van der Waals surface area contributed by atoms with Crippen molar-refractivity contribution in [3.8, 4) is 16.9 Å². The van der Waals surface area contributed by atoms with Gasteiger partial charge in [-0.15, -0.1) is 13.2 Å².